The summed E-state index contributed by atoms with van der Waals surface area (Å²) in [5, 5.41) is 10.9. The van der Waals surface area contributed by atoms with Crippen LogP contribution in [0.5, 0.6) is 0 Å². The van der Waals surface area contributed by atoms with Gasteiger partial charge in [-0.05, 0) is 44.0 Å². The maximum Gasteiger partial charge on any atom is 0.269 e. The molecule has 0 bridgehead atoms. The number of anilines is 1. The van der Waals surface area contributed by atoms with Gasteiger partial charge in [0.1, 0.15) is 0 Å². The number of carbonyl (C=O) groups excluding carboxylic acids is 1. The number of piperazine rings is 1. The highest BCUT2D eigenvalue weighted by atomic mass is 16.6. The lowest BCUT2D eigenvalue weighted by Gasteiger charge is -2.37. The molecule has 0 N–H and O–H groups in total. The van der Waals surface area contributed by atoms with Crippen molar-refractivity contribution >= 4 is 17.3 Å². The summed E-state index contributed by atoms with van der Waals surface area (Å²) in [5.74, 6) is -0.0577. The van der Waals surface area contributed by atoms with Gasteiger partial charge in [0.2, 0.25) is 0 Å². The Morgan fingerprint density at radius 1 is 0.962 bits per heavy atom. The third kappa shape index (κ3) is 3.54. The van der Waals surface area contributed by atoms with E-state index in [9.17, 15) is 14.9 Å². The minimum absolute atomic E-state index is 0.0127. The molecule has 0 aliphatic carbocycles. The van der Waals surface area contributed by atoms with E-state index in [1.165, 1.54) is 28.9 Å². The van der Waals surface area contributed by atoms with Crippen molar-refractivity contribution in [3.63, 3.8) is 0 Å². The van der Waals surface area contributed by atoms with Crippen molar-refractivity contribution in [3.05, 3.63) is 68.8 Å². The van der Waals surface area contributed by atoms with E-state index in [1.807, 2.05) is 4.90 Å². The maximum atomic E-state index is 12.8. The lowest BCUT2D eigenvalue weighted by Crippen LogP contribution is -2.49. The quantitative estimate of drug-likeness (QED) is 0.626. The highest BCUT2D eigenvalue weighted by molar-refractivity contribution is 5.96. The lowest BCUT2D eigenvalue weighted by molar-refractivity contribution is -0.384. The van der Waals surface area contributed by atoms with Crippen LogP contribution in [0.2, 0.25) is 0 Å². The Kier molecular flexibility index (Phi) is 4.93. The Balaban J connectivity index is 1.70. The second kappa shape index (κ2) is 7.15. The van der Waals surface area contributed by atoms with Crippen LogP contribution in [0.3, 0.4) is 0 Å². The highest BCUT2D eigenvalue weighted by Gasteiger charge is 2.24. The van der Waals surface area contributed by atoms with E-state index < -0.39 is 4.92 Å². The van der Waals surface area contributed by atoms with E-state index in [4.69, 9.17) is 0 Å². The summed E-state index contributed by atoms with van der Waals surface area (Å²) >= 11 is 0. The third-order valence-corrected chi connectivity index (χ3v) is 4.91. The standard InChI is InChI=1S/C20H23N3O3/c1-14-4-7-19(16(3)12-14)21-8-10-22(11-9-21)20(24)18-6-5-17(23(25)26)13-15(18)2/h4-7,12-13H,8-11H2,1-3H3. The molecule has 3 rings (SSSR count). The summed E-state index contributed by atoms with van der Waals surface area (Å²) < 4.78 is 0. The molecule has 0 aromatic heterocycles. The number of nitrogens with zero attached hydrogens (tertiary/aromatic N) is 3. The SMILES string of the molecule is Cc1ccc(N2CCN(C(=O)c3ccc([N+](=O)[O-])cc3C)CC2)c(C)c1. The van der Waals surface area contributed by atoms with Gasteiger partial charge in [0.15, 0.2) is 0 Å². The molecule has 136 valence electrons. The number of hydrogen-bond acceptors (Lipinski definition) is 4. The van der Waals surface area contributed by atoms with Gasteiger partial charge in [0.25, 0.3) is 11.6 Å². The maximum absolute atomic E-state index is 12.8. The van der Waals surface area contributed by atoms with Crippen molar-refractivity contribution < 1.29 is 9.72 Å². The zero-order chi connectivity index (χ0) is 18.8. The molecule has 1 fully saturated rings. The second-order valence-electron chi connectivity index (χ2n) is 6.83. The third-order valence-electron chi connectivity index (χ3n) is 4.91. The predicted molar refractivity (Wildman–Crippen MR) is 102 cm³/mol. The van der Waals surface area contributed by atoms with E-state index in [2.05, 4.69) is 36.9 Å². The van der Waals surface area contributed by atoms with Crippen LogP contribution in [-0.2, 0) is 0 Å². The first-order valence-electron chi connectivity index (χ1n) is 8.73. The van der Waals surface area contributed by atoms with Gasteiger partial charge >= 0.3 is 0 Å². The van der Waals surface area contributed by atoms with Crippen LogP contribution in [0, 0.1) is 30.9 Å². The van der Waals surface area contributed by atoms with E-state index in [0.717, 1.165) is 13.1 Å². The fourth-order valence-corrected chi connectivity index (χ4v) is 3.48. The number of non-ortho nitro benzene ring substituents is 1. The van der Waals surface area contributed by atoms with Gasteiger partial charge in [-0.1, -0.05) is 17.7 Å². The molecule has 0 radical (unpaired) electrons. The van der Waals surface area contributed by atoms with Gasteiger partial charge in [-0.15, -0.1) is 0 Å². The lowest BCUT2D eigenvalue weighted by atomic mass is 10.1. The van der Waals surface area contributed by atoms with Gasteiger partial charge in [-0.3, -0.25) is 14.9 Å². The molecule has 1 saturated heterocycles. The molecule has 0 unspecified atom stereocenters. The Morgan fingerprint density at radius 2 is 1.65 bits per heavy atom. The highest BCUT2D eigenvalue weighted by Crippen LogP contribution is 2.24. The summed E-state index contributed by atoms with van der Waals surface area (Å²) in [6.45, 7) is 8.78. The fourth-order valence-electron chi connectivity index (χ4n) is 3.48. The van der Waals surface area contributed by atoms with Crippen molar-refractivity contribution in [3.8, 4) is 0 Å². The zero-order valence-corrected chi connectivity index (χ0v) is 15.4. The molecular formula is C20H23N3O3. The summed E-state index contributed by atoms with van der Waals surface area (Å²) in [7, 11) is 0. The van der Waals surface area contributed by atoms with Crippen molar-refractivity contribution in [2.24, 2.45) is 0 Å². The summed E-state index contributed by atoms with van der Waals surface area (Å²) in [6, 6.07) is 10.8. The molecule has 2 aromatic carbocycles. The number of rotatable bonds is 3. The van der Waals surface area contributed by atoms with Gasteiger partial charge in [0.05, 0.1) is 4.92 Å². The van der Waals surface area contributed by atoms with Gasteiger partial charge in [0, 0.05) is 49.6 Å². The molecule has 1 aliphatic rings. The minimum Gasteiger partial charge on any atom is -0.368 e. The number of nitro groups is 1. The largest absolute Gasteiger partial charge is 0.368 e. The van der Waals surface area contributed by atoms with Crippen molar-refractivity contribution in [1.82, 2.24) is 4.90 Å². The van der Waals surface area contributed by atoms with E-state index >= 15 is 0 Å². The summed E-state index contributed by atoms with van der Waals surface area (Å²) in [4.78, 5) is 27.3. The van der Waals surface area contributed by atoms with E-state index in [1.54, 1.807) is 13.0 Å². The second-order valence-corrected chi connectivity index (χ2v) is 6.83. The first kappa shape index (κ1) is 17.9. The molecule has 6 heteroatoms. The Bertz CT molecular complexity index is 855. The van der Waals surface area contributed by atoms with Gasteiger partial charge < -0.3 is 9.80 Å². The van der Waals surface area contributed by atoms with Crippen LogP contribution in [0.1, 0.15) is 27.0 Å². The average molecular weight is 353 g/mol. The number of nitro benzene ring substituents is 1. The molecule has 0 spiro atoms. The fraction of sp³-hybridized carbons (Fsp3) is 0.350. The molecule has 26 heavy (non-hydrogen) atoms. The zero-order valence-electron chi connectivity index (χ0n) is 15.4. The average Bonchev–Trinajstić information content (AvgIpc) is 2.61. The molecule has 1 heterocycles. The van der Waals surface area contributed by atoms with Crippen LogP contribution >= 0.6 is 0 Å². The number of benzene rings is 2. The monoisotopic (exact) mass is 353 g/mol. The van der Waals surface area contributed by atoms with Crippen LogP contribution in [-0.4, -0.2) is 41.9 Å². The molecule has 2 aromatic rings. The number of aryl methyl sites for hydroxylation is 3. The first-order valence-corrected chi connectivity index (χ1v) is 8.73. The Morgan fingerprint density at radius 3 is 2.23 bits per heavy atom. The first-order chi connectivity index (χ1) is 12.4. The van der Waals surface area contributed by atoms with E-state index in [0.29, 0.717) is 24.2 Å². The van der Waals surface area contributed by atoms with Crippen molar-refractivity contribution in [1.29, 1.82) is 0 Å². The van der Waals surface area contributed by atoms with Crippen LogP contribution in [0.4, 0.5) is 11.4 Å². The Hall–Kier alpha value is -2.89. The molecule has 6 nitrogen and oxygen atoms in total. The predicted octanol–water partition coefficient (Wildman–Crippen LogP) is 3.48. The Labute approximate surface area is 153 Å². The van der Waals surface area contributed by atoms with Crippen LogP contribution in [0.25, 0.3) is 0 Å². The molecule has 1 amide bonds. The molecular weight excluding hydrogens is 330 g/mol. The molecule has 0 saturated carbocycles. The van der Waals surface area contributed by atoms with Crippen LogP contribution < -0.4 is 4.90 Å². The number of hydrogen-bond donors (Lipinski definition) is 0. The van der Waals surface area contributed by atoms with Gasteiger partial charge in [-0.25, -0.2) is 0 Å². The number of amides is 1. The van der Waals surface area contributed by atoms with Gasteiger partial charge in [-0.2, -0.15) is 0 Å². The smallest absolute Gasteiger partial charge is 0.269 e. The number of carbonyl (C=O) groups is 1. The summed E-state index contributed by atoms with van der Waals surface area (Å²) in [5.41, 5.74) is 4.90. The molecule has 1 aliphatic heterocycles. The minimum atomic E-state index is -0.441. The summed E-state index contributed by atoms with van der Waals surface area (Å²) in [6.07, 6.45) is 0. The normalized spacial score (nSPS) is 14.4. The van der Waals surface area contributed by atoms with Crippen molar-refractivity contribution in [2.75, 3.05) is 31.1 Å². The van der Waals surface area contributed by atoms with E-state index in [-0.39, 0.29) is 11.6 Å². The topological polar surface area (TPSA) is 66.7 Å². The molecule has 0 atom stereocenters. The van der Waals surface area contributed by atoms with Crippen LogP contribution in [0.15, 0.2) is 36.4 Å². The van der Waals surface area contributed by atoms with Crippen molar-refractivity contribution in [2.45, 2.75) is 20.8 Å².